The van der Waals surface area contributed by atoms with Gasteiger partial charge < -0.3 is 9.64 Å². The molecule has 0 N–H and O–H groups in total. The summed E-state index contributed by atoms with van der Waals surface area (Å²) in [5.74, 6) is -0.406. The van der Waals surface area contributed by atoms with Gasteiger partial charge in [0.1, 0.15) is 0 Å². The number of nitrogens with zero attached hydrogens (tertiary/aromatic N) is 2. The molecule has 6 heteroatoms. The molecule has 0 bridgehead atoms. The fraction of sp³-hybridized carbons (Fsp3) is 0.278. The quantitative estimate of drug-likeness (QED) is 0.788. The van der Waals surface area contributed by atoms with Crippen molar-refractivity contribution in [1.82, 2.24) is 4.90 Å². The van der Waals surface area contributed by atoms with Crippen LogP contribution in [0, 0.1) is 0 Å². The van der Waals surface area contributed by atoms with E-state index in [0.717, 1.165) is 16.4 Å². The Bertz CT molecular complexity index is 809. The Hall–Kier alpha value is -2.34. The number of methoxy groups -OCH3 is 1. The van der Waals surface area contributed by atoms with Gasteiger partial charge >= 0.3 is 5.97 Å². The van der Waals surface area contributed by atoms with Gasteiger partial charge in [0.25, 0.3) is 0 Å². The molecule has 0 amide bonds. The number of fused-ring (bicyclic) bond motifs is 1. The molecule has 1 atom stereocenters. The maximum Gasteiger partial charge on any atom is 0.338 e. The van der Waals surface area contributed by atoms with Crippen molar-refractivity contribution < 1.29 is 14.3 Å². The number of carbonyl (C=O) groups is 2. The molecule has 2 heterocycles. The molecule has 1 aromatic carbocycles. The number of carbonyl (C=O) groups excluding carboxylic acids is 2. The van der Waals surface area contributed by atoms with E-state index in [2.05, 4.69) is 4.99 Å². The summed E-state index contributed by atoms with van der Waals surface area (Å²) in [4.78, 5) is 31.5. The molecule has 0 saturated carbocycles. The topological polar surface area (TPSA) is 59.0 Å². The predicted octanol–water partition coefficient (Wildman–Crippen LogP) is 3.41. The largest absolute Gasteiger partial charge is 0.466 e. The Kier molecular flexibility index (Phi) is 4.32. The summed E-state index contributed by atoms with van der Waals surface area (Å²) in [6, 6.07) is 9.37. The first-order valence-electron chi connectivity index (χ1n) is 7.57. The van der Waals surface area contributed by atoms with Crippen LogP contribution in [0.15, 0.2) is 57.2 Å². The molecule has 0 aliphatic carbocycles. The predicted molar refractivity (Wildman–Crippen MR) is 94.1 cm³/mol. The van der Waals surface area contributed by atoms with E-state index in [1.165, 1.54) is 18.9 Å². The number of ketones is 1. The highest BCUT2D eigenvalue weighted by atomic mass is 32.2. The summed E-state index contributed by atoms with van der Waals surface area (Å²) in [5, 5.41) is 0.719. The Morgan fingerprint density at radius 3 is 2.46 bits per heavy atom. The van der Waals surface area contributed by atoms with E-state index in [9.17, 15) is 9.59 Å². The second kappa shape index (κ2) is 6.28. The Balaban J connectivity index is 2.21. The third-order valence-electron chi connectivity index (χ3n) is 4.11. The SMILES string of the molecule is COC(=O)C1=C(C)N=C2SC(C(C)=O)=C(C)N2C1c1ccccc1. The second-order valence-corrected chi connectivity index (χ2v) is 6.62. The van der Waals surface area contributed by atoms with Crippen molar-refractivity contribution >= 4 is 28.7 Å². The standard InChI is InChI=1S/C18H18N2O3S/c1-10-14(17(22)23-4)15(13-8-6-5-7-9-13)20-11(2)16(12(3)21)24-18(20)19-10/h5-9,15H,1-4H3. The first kappa shape index (κ1) is 16.5. The maximum absolute atomic E-state index is 12.4. The van der Waals surface area contributed by atoms with Gasteiger partial charge in [-0.2, -0.15) is 0 Å². The van der Waals surface area contributed by atoms with Crippen LogP contribution in [0.25, 0.3) is 0 Å². The summed E-state index contributed by atoms with van der Waals surface area (Å²) in [7, 11) is 1.37. The van der Waals surface area contributed by atoms with Gasteiger partial charge in [-0.05, 0) is 38.1 Å². The van der Waals surface area contributed by atoms with Crippen LogP contribution in [0.3, 0.4) is 0 Å². The Labute approximate surface area is 145 Å². The third kappa shape index (κ3) is 2.57. The Morgan fingerprint density at radius 1 is 1.21 bits per heavy atom. The fourth-order valence-electron chi connectivity index (χ4n) is 3.03. The molecule has 0 radical (unpaired) electrons. The van der Waals surface area contributed by atoms with Crippen LogP contribution < -0.4 is 0 Å². The number of rotatable bonds is 3. The van der Waals surface area contributed by atoms with Gasteiger partial charge in [0, 0.05) is 5.70 Å². The van der Waals surface area contributed by atoms with Crippen molar-refractivity contribution in [2.24, 2.45) is 4.99 Å². The number of ether oxygens (including phenoxy) is 1. The lowest BCUT2D eigenvalue weighted by Crippen LogP contribution is -2.35. The molecule has 0 spiro atoms. The van der Waals surface area contributed by atoms with E-state index in [-0.39, 0.29) is 11.8 Å². The summed E-state index contributed by atoms with van der Waals surface area (Å²) in [6.45, 7) is 5.23. The van der Waals surface area contributed by atoms with Crippen LogP contribution in [-0.4, -0.2) is 28.9 Å². The van der Waals surface area contributed by atoms with E-state index in [4.69, 9.17) is 4.74 Å². The number of thioether (sulfide) groups is 1. The number of allylic oxidation sites excluding steroid dienone is 3. The lowest BCUT2D eigenvalue weighted by Gasteiger charge is -2.35. The molecule has 24 heavy (non-hydrogen) atoms. The normalized spacial score (nSPS) is 20.1. The molecule has 124 valence electrons. The van der Waals surface area contributed by atoms with Crippen molar-refractivity contribution in [3.05, 3.63) is 57.8 Å². The van der Waals surface area contributed by atoms with Gasteiger partial charge in [-0.15, -0.1) is 0 Å². The van der Waals surface area contributed by atoms with E-state index in [1.807, 2.05) is 42.2 Å². The van der Waals surface area contributed by atoms with Gasteiger partial charge in [0.2, 0.25) is 0 Å². The van der Waals surface area contributed by atoms with Gasteiger partial charge in [-0.3, -0.25) is 4.79 Å². The second-order valence-electron chi connectivity index (χ2n) is 5.64. The number of benzene rings is 1. The van der Waals surface area contributed by atoms with Crippen LogP contribution in [0.2, 0.25) is 0 Å². The lowest BCUT2D eigenvalue weighted by atomic mass is 9.94. The van der Waals surface area contributed by atoms with E-state index in [0.29, 0.717) is 16.2 Å². The van der Waals surface area contributed by atoms with Crippen molar-refractivity contribution in [2.45, 2.75) is 26.8 Å². The lowest BCUT2D eigenvalue weighted by molar-refractivity contribution is -0.136. The van der Waals surface area contributed by atoms with Gasteiger partial charge in [0.15, 0.2) is 11.0 Å². The highest BCUT2D eigenvalue weighted by molar-refractivity contribution is 8.18. The minimum absolute atomic E-state index is 0.00122. The smallest absolute Gasteiger partial charge is 0.338 e. The van der Waals surface area contributed by atoms with Crippen molar-refractivity contribution in [3.63, 3.8) is 0 Å². The molecule has 1 unspecified atom stereocenters. The maximum atomic E-state index is 12.4. The molecule has 0 saturated heterocycles. The summed E-state index contributed by atoms with van der Waals surface area (Å²) >= 11 is 1.35. The van der Waals surface area contributed by atoms with E-state index in [1.54, 1.807) is 13.8 Å². The number of hydrogen-bond acceptors (Lipinski definition) is 6. The highest BCUT2D eigenvalue weighted by Gasteiger charge is 2.42. The molecular weight excluding hydrogens is 324 g/mol. The zero-order valence-electron chi connectivity index (χ0n) is 14.0. The van der Waals surface area contributed by atoms with Crippen molar-refractivity contribution in [2.75, 3.05) is 7.11 Å². The highest BCUT2D eigenvalue weighted by Crippen LogP contribution is 2.46. The van der Waals surface area contributed by atoms with Gasteiger partial charge in [-0.25, -0.2) is 9.79 Å². The molecule has 5 nitrogen and oxygen atoms in total. The molecular formula is C18H18N2O3S. The monoisotopic (exact) mass is 342 g/mol. The molecule has 3 rings (SSSR count). The van der Waals surface area contributed by atoms with Crippen molar-refractivity contribution in [1.29, 1.82) is 0 Å². The van der Waals surface area contributed by atoms with E-state index >= 15 is 0 Å². The first-order valence-corrected chi connectivity index (χ1v) is 8.39. The molecule has 0 fully saturated rings. The minimum atomic E-state index is -0.404. The van der Waals surface area contributed by atoms with Crippen LogP contribution in [0.4, 0.5) is 0 Å². The molecule has 2 aliphatic rings. The average Bonchev–Trinajstić information content (AvgIpc) is 2.90. The number of hydrogen-bond donors (Lipinski definition) is 0. The fourth-order valence-corrected chi connectivity index (χ4v) is 4.12. The summed E-state index contributed by atoms with van der Waals surface area (Å²) < 4.78 is 4.99. The molecule has 2 aliphatic heterocycles. The zero-order chi connectivity index (χ0) is 17.4. The number of aliphatic imine (C=N–C) groups is 1. The Morgan fingerprint density at radius 2 is 1.88 bits per heavy atom. The van der Waals surface area contributed by atoms with Crippen LogP contribution in [0.5, 0.6) is 0 Å². The molecule has 1 aromatic rings. The number of esters is 1. The number of amidine groups is 1. The van der Waals surface area contributed by atoms with Crippen LogP contribution in [0.1, 0.15) is 32.4 Å². The average molecular weight is 342 g/mol. The van der Waals surface area contributed by atoms with E-state index < -0.39 is 5.97 Å². The first-order chi connectivity index (χ1) is 11.5. The summed E-state index contributed by atoms with van der Waals surface area (Å²) in [5.41, 5.74) is 2.88. The van der Waals surface area contributed by atoms with Crippen LogP contribution >= 0.6 is 11.8 Å². The number of Topliss-reactive ketones (excluding diaryl/α,β-unsaturated/α-hetero) is 1. The van der Waals surface area contributed by atoms with Crippen LogP contribution in [-0.2, 0) is 14.3 Å². The minimum Gasteiger partial charge on any atom is -0.466 e. The molecule has 0 aromatic heterocycles. The zero-order valence-corrected chi connectivity index (χ0v) is 14.8. The third-order valence-corrected chi connectivity index (χ3v) is 5.37. The summed E-state index contributed by atoms with van der Waals surface area (Å²) in [6.07, 6.45) is 0. The van der Waals surface area contributed by atoms with Gasteiger partial charge in [-0.1, -0.05) is 30.3 Å². The van der Waals surface area contributed by atoms with Crippen molar-refractivity contribution in [3.8, 4) is 0 Å². The van der Waals surface area contributed by atoms with Gasteiger partial charge in [0.05, 0.1) is 29.3 Å².